The smallest absolute Gasteiger partial charge is 0.326 e. The Morgan fingerprint density at radius 2 is 1.23 bits per heavy atom. The summed E-state index contributed by atoms with van der Waals surface area (Å²) in [6.45, 7) is 4.08. The van der Waals surface area contributed by atoms with Crippen LogP contribution >= 0.6 is 0 Å². The lowest BCUT2D eigenvalue weighted by Gasteiger charge is -2.54. The number of aromatic amines is 2. The zero-order valence-corrected chi connectivity index (χ0v) is 36.1. The number of nitrogens with one attached hydrogen (secondary N) is 4. The van der Waals surface area contributed by atoms with Gasteiger partial charge in [-0.25, -0.2) is 28.7 Å². The minimum Gasteiger partial charge on any atom is -0.421 e. The van der Waals surface area contributed by atoms with E-state index in [0.29, 0.717) is 93.9 Å². The number of aromatic nitrogens is 10. The van der Waals surface area contributed by atoms with E-state index in [1.54, 1.807) is 51.7 Å². The summed E-state index contributed by atoms with van der Waals surface area (Å²) >= 11 is 0. The van der Waals surface area contributed by atoms with Gasteiger partial charge in [0.25, 0.3) is 0 Å². The summed E-state index contributed by atoms with van der Waals surface area (Å²) in [7, 11) is 1.77. The Labute approximate surface area is 374 Å². The van der Waals surface area contributed by atoms with Gasteiger partial charge in [0.2, 0.25) is 0 Å². The van der Waals surface area contributed by atoms with Gasteiger partial charge in [-0.15, -0.1) is 0 Å². The van der Waals surface area contributed by atoms with E-state index in [2.05, 4.69) is 50.3 Å². The van der Waals surface area contributed by atoms with Crippen LogP contribution in [0.4, 0.5) is 31.8 Å². The fourth-order valence-corrected chi connectivity index (χ4v) is 12.7. The van der Waals surface area contributed by atoms with Gasteiger partial charge in [-0.05, 0) is 64.0 Å². The van der Waals surface area contributed by atoms with Crippen LogP contribution in [0, 0.1) is 43.2 Å². The summed E-state index contributed by atoms with van der Waals surface area (Å²) in [5.74, 6) is 3.20. The molecular weight excluding hydrogens is 847 g/mol. The molecule has 8 N–H and O–H groups in total. The first-order valence-corrected chi connectivity index (χ1v) is 22.6. The maximum atomic E-state index is 16.8. The SMILES string of the molecule is CNc1cc(F)c2c3c1[nH]c1nc(Oc4cnc(C)nc4)nc(c13)N1C(C2)[C@@H]2[C@H](N)C(CNc3cc(F)c4c5c3[nH]c3nc(Oc6cnc(C)nc6)nc(c35)N3[C@@H](C4)[C@@H]4C[C@H](N)C[C@@H]43)C[C@@H]21. The summed E-state index contributed by atoms with van der Waals surface area (Å²) in [6, 6.07) is 3.36. The molecule has 2 aromatic carbocycles. The van der Waals surface area contributed by atoms with Gasteiger partial charge in [-0.3, -0.25) is 0 Å². The van der Waals surface area contributed by atoms with Crippen molar-refractivity contribution in [2.24, 2.45) is 29.2 Å². The number of benzene rings is 2. The van der Waals surface area contributed by atoms with Gasteiger partial charge < -0.3 is 51.3 Å². The van der Waals surface area contributed by atoms with Gasteiger partial charge in [-0.1, -0.05) is 0 Å². The molecule has 2 saturated carbocycles. The number of anilines is 4. The molecule has 2 unspecified atom stereocenters. The molecule has 6 aliphatic rings. The summed E-state index contributed by atoms with van der Waals surface area (Å²) in [5, 5.41) is 9.84. The fourth-order valence-electron chi connectivity index (χ4n) is 12.7. The van der Waals surface area contributed by atoms with E-state index in [4.69, 9.17) is 40.9 Å². The largest absolute Gasteiger partial charge is 0.421 e. The molecule has 2 aliphatic carbocycles. The quantitative estimate of drug-likeness (QED) is 0.108. The Balaban J connectivity index is 0.818. The third-order valence-corrected chi connectivity index (χ3v) is 15.5. The summed E-state index contributed by atoms with van der Waals surface area (Å²) in [6.07, 6.45) is 9.77. The van der Waals surface area contributed by atoms with E-state index < -0.39 is 0 Å². The maximum Gasteiger partial charge on any atom is 0.326 e. The molecule has 10 heterocycles. The summed E-state index contributed by atoms with van der Waals surface area (Å²) in [4.78, 5) is 48.4. The lowest BCUT2D eigenvalue weighted by atomic mass is 9.77. The van der Waals surface area contributed by atoms with Gasteiger partial charge in [0.1, 0.15) is 46.2 Å². The first kappa shape index (κ1) is 38.2. The van der Waals surface area contributed by atoms with Crippen LogP contribution in [-0.4, -0.2) is 99.7 Å². The van der Waals surface area contributed by atoms with Crippen molar-refractivity contribution in [3.63, 3.8) is 0 Å². The molecular formula is C46H44F2N16O2. The van der Waals surface area contributed by atoms with Gasteiger partial charge in [-0.2, -0.15) is 19.9 Å². The highest BCUT2D eigenvalue weighted by Gasteiger charge is 2.60. The number of nitrogens with two attached hydrogens (primary N) is 2. The number of fused-ring (bicyclic) bond motifs is 10. The van der Waals surface area contributed by atoms with Crippen molar-refractivity contribution in [2.75, 3.05) is 34.0 Å². The molecule has 18 nitrogen and oxygen atoms in total. The molecule has 66 heavy (non-hydrogen) atoms. The molecule has 6 aromatic heterocycles. The number of nitrogens with zero attached hydrogens (tertiary/aromatic N) is 10. The van der Waals surface area contributed by atoms with Gasteiger partial charge in [0, 0.05) is 83.6 Å². The third kappa shape index (κ3) is 5.27. The monoisotopic (exact) mass is 890 g/mol. The van der Waals surface area contributed by atoms with Crippen molar-refractivity contribution >= 4 is 66.9 Å². The van der Waals surface area contributed by atoms with Crippen LogP contribution in [0.5, 0.6) is 23.5 Å². The van der Waals surface area contributed by atoms with Crippen molar-refractivity contribution in [3.05, 3.63) is 71.3 Å². The Morgan fingerprint density at radius 3 is 1.82 bits per heavy atom. The standard InChI is InChI=1S/C46H44F2N16O2/c1-16-52-12-20(13-53-16)65-45-60-42-37-34-22(7-30-24-5-19(49)6-29(24)63(30)43(37)61-45)26(48)10-28(40(34)58-42)56-11-18-4-31-35(38(18)50)32-8-23-25(47)9-27(51-3)39-33(23)36-41(57-39)59-46(62-44(36)64(31)32)66-21-14-54-17(2)55-15-21/h9-10,12-15,18-19,24,29-32,35,38,51,56H,4-8,11,49-50H2,1-3H3,(H,57,59,62)(H,58,60,61)/t18?,19-,24+,29-,30-,31-,32?,35+,38+/m0/s1. The number of hydrogen-bond acceptors (Lipinski definition) is 16. The Bertz CT molecular complexity index is 3360. The Kier molecular flexibility index (Phi) is 7.82. The minimum absolute atomic E-state index is 0.00476. The number of hydrogen-bond donors (Lipinski definition) is 6. The summed E-state index contributed by atoms with van der Waals surface area (Å²) < 4.78 is 45.4. The molecule has 2 saturated heterocycles. The second-order valence-electron chi connectivity index (χ2n) is 18.9. The third-order valence-electron chi connectivity index (χ3n) is 15.5. The topological polar surface area (TPSA) is 236 Å². The average molecular weight is 891 g/mol. The van der Waals surface area contributed by atoms with E-state index in [1.165, 1.54) is 6.07 Å². The fraction of sp³-hybridized carbons (Fsp3) is 0.391. The molecule has 4 fully saturated rings. The highest BCUT2D eigenvalue weighted by molar-refractivity contribution is 6.18. The van der Waals surface area contributed by atoms with E-state index in [-0.39, 0.29) is 71.7 Å². The van der Waals surface area contributed by atoms with Crippen LogP contribution < -0.4 is 41.4 Å². The van der Waals surface area contributed by atoms with Crippen LogP contribution in [0.2, 0.25) is 0 Å². The highest BCUT2D eigenvalue weighted by Crippen LogP contribution is 2.56. The van der Waals surface area contributed by atoms with Crippen LogP contribution in [0.15, 0.2) is 36.9 Å². The number of H-pyrrole nitrogens is 2. The number of aryl methyl sites for hydroxylation is 2. The molecule has 0 bridgehead atoms. The average Bonchev–Trinajstić information content (AvgIpc) is 3.99. The minimum atomic E-state index is -0.296. The van der Waals surface area contributed by atoms with Gasteiger partial charge in [0.15, 0.2) is 11.5 Å². The van der Waals surface area contributed by atoms with E-state index >= 15 is 8.78 Å². The van der Waals surface area contributed by atoms with Crippen molar-refractivity contribution in [3.8, 4) is 23.5 Å². The Hall–Kier alpha value is -7.06. The molecule has 0 amide bonds. The van der Waals surface area contributed by atoms with E-state index in [0.717, 1.165) is 51.8 Å². The van der Waals surface area contributed by atoms with Crippen LogP contribution in [-0.2, 0) is 12.8 Å². The van der Waals surface area contributed by atoms with E-state index in [1.807, 2.05) is 0 Å². The summed E-state index contributed by atoms with van der Waals surface area (Å²) in [5.41, 5.74) is 18.9. The molecule has 0 radical (unpaired) electrons. The van der Waals surface area contributed by atoms with Crippen LogP contribution in [0.3, 0.4) is 0 Å². The molecule has 334 valence electrons. The number of halogens is 2. The first-order chi connectivity index (χ1) is 32.1. The zero-order chi connectivity index (χ0) is 44.4. The Morgan fingerprint density at radius 1 is 0.682 bits per heavy atom. The predicted molar refractivity (Wildman–Crippen MR) is 242 cm³/mol. The second-order valence-corrected chi connectivity index (χ2v) is 18.9. The van der Waals surface area contributed by atoms with Crippen molar-refractivity contribution in [2.45, 2.75) is 82.2 Å². The lowest BCUT2D eigenvalue weighted by molar-refractivity contribution is 0.213. The van der Waals surface area contributed by atoms with Crippen molar-refractivity contribution < 1.29 is 18.3 Å². The molecule has 8 aromatic rings. The molecule has 20 heteroatoms. The molecule has 0 spiro atoms. The molecule has 9 atom stereocenters. The highest BCUT2D eigenvalue weighted by atomic mass is 19.1. The van der Waals surface area contributed by atoms with Crippen molar-refractivity contribution in [1.29, 1.82) is 0 Å². The van der Waals surface area contributed by atoms with Crippen molar-refractivity contribution in [1.82, 2.24) is 49.8 Å². The van der Waals surface area contributed by atoms with Crippen LogP contribution in [0.1, 0.15) is 42.0 Å². The predicted octanol–water partition coefficient (Wildman–Crippen LogP) is 5.68. The van der Waals surface area contributed by atoms with Gasteiger partial charge >= 0.3 is 12.0 Å². The molecule has 4 aliphatic heterocycles. The lowest BCUT2D eigenvalue weighted by Crippen LogP contribution is -2.66. The second kappa shape index (κ2) is 13.5. The van der Waals surface area contributed by atoms with E-state index in [9.17, 15) is 0 Å². The van der Waals surface area contributed by atoms with Crippen LogP contribution in [0.25, 0.3) is 43.9 Å². The normalized spacial score (nSPS) is 26.6. The molecule has 14 rings (SSSR count). The number of ether oxygens (including phenoxy) is 2. The maximum absolute atomic E-state index is 16.8. The number of rotatable bonds is 8. The van der Waals surface area contributed by atoms with Gasteiger partial charge in [0.05, 0.1) is 58.0 Å². The first-order valence-electron chi connectivity index (χ1n) is 22.6. The zero-order valence-electron chi connectivity index (χ0n) is 36.1.